The van der Waals surface area contributed by atoms with Crippen LogP contribution in [0.15, 0.2) is 72.9 Å². The Kier molecular flexibility index (Phi) is 3.89. The molecule has 0 aliphatic heterocycles. The predicted octanol–water partition coefficient (Wildman–Crippen LogP) is 6.05. The van der Waals surface area contributed by atoms with E-state index in [0.29, 0.717) is 10.0 Å². The molecule has 4 rings (SSSR count). The average molecular weight is 354 g/mol. The highest BCUT2D eigenvalue weighted by molar-refractivity contribution is 6.30. The second-order valence-corrected chi connectivity index (χ2v) is 6.25. The van der Waals surface area contributed by atoms with Crippen molar-refractivity contribution in [3.05, 3.63) is 83.0 Å². The van der Waals surface area contributed by atoms with Gasteiger partial charge in [-0.15, -0.1) is 0 Å². The van der Waals surface area contributed by atoms with E-state index in [-0.39, 0.29) is 0 Å². The van der Waals surface area contributed by atoms with Crippen molar-refractivity contribution in [3.8, 4) is 11.3 Å². The van der Waals surface area contributed by atoms with Gasteiger partial charge in [0.1, 0.15) is 17.2 Å². The summed E-state index contributed by atoms with van der Waals surface area (Å²) in [5.74, 6) is 0.898. The first-order valence-electron chi connectivity index (χ1n) is 7.46. The third-order valence-electron chi connectivity index (χ3n) is 3.75. The number of benzene rings is 2. The van der Waals surface area contributed by atoms with Crippen LogP contribution in [0.5, 0.6) is 0 Å². The highest BCUT2D eigenvalue weighted by Crippen LogP contribution is 2.32. The molecule has 24 heavy (non-hydrogen) atoms. The minimum Gasteiger partial charge on any atom is -0.339 e. The lowest BCUT2D eigenvalue weighted by molar-refractivity contribution is 1.18. The maximum atomic E-state index is 6.01. The van der Waals surface area contributed by atoms with Gasteiger partial charge in [-0.1, -0.05) is 41.4 Å². The SMILES string of the molecule is Clc1ccc(Nc2c(-c3ccc(Cl)cc3)nc3ccccn23)cc1. The maximum Gasteiger partial charge on any atom is 0.143 e. The zero-order chi connectivity index (χ0) is 16.5. The number of pyridine rings is 1. The molecule has 0 atom stereocenters. The number of rotatable bonds is 3. The standard InChI is InChI=1S/C19H13Cl2N3/c20-14-6-4-13(5-7-14)18-19(22-16-10-8-15(21)9-11-16)24-12-2-1-3-17(24)23-18/h1-12,22H. The normalized spacial score (nSPS) is 10.9. The summed E-state index contributed by atoms with van der Waals surface area (Å²) in [4.78, 5) is 4.76. The summed E-state index contributed by atoms with van der Waals surface area (Å²) >= 11 is 12.0. The second-order valence-electron chi connectivity index (χ2n) is 5.38. The first-order chi connectivity index (χ1) is 11.7. The molecule has 0 aliphatic carbocycles. The fraction of sp³-hybridized carbons (Fsp3) is 0. The topological polar surface area (TPSA) is 29.3 Å². The largest absolute Gasteiger partial charge is 0.339 e. The highest BCUT2D eigenvalue weighted by Gasteiger charge is 2.14. The van der Waals surface area contributed by atoms with Crippen LogP contribution in [0.25, 0.3) is 16.9 Å². The molecular formula is C19H13Cl2N3. The highest BCUT2D eigenvalue weighted by atomic mass is 35.5. The number of nitrogens with zero attached hydrogens (tertiary/aromatic N) is 2. The van der Waals surface area contributed by atoms with Crippen molar-refractivity contribution in [1.82, 2.24) is 9.38 Å². The van der Waals surface area contributed by atoms with Gasteiger partial charge in [0.15, 0.2) is 0 Å². The van der Waals surface area contributed by atoms with Gasteiger partial charge in [-0.05, 0) is 48.5 Å². The number of halogens is 2. The lowest BCUT2D eigenvalue weighted by Crippen LogP contribution is -1.96. The number of hydrogen-bond donors (Lipinski definition) is 1. The minimum atomic E-state index is 0.703. The second kappa shape index (κ2) is 6.19. The van der Waals surface area contributed by atoms with Gasteiger partial charge in [0.2, 0.25) is 0 Å². The number of aromatic nitrogens is 2. The molecule has 0 radical (unpaired) electrons. The number of fused-ring (bicyclic) bond motifs is 1. The molecule has 0 spiro atoms. The number of anilines is 2. The van der Waals surface area contributed by atoms with Crippen LogP contribution in [0.2, 0.25) is 10.0 Å². The van der Waals surface area contributed by atoms with Crippen LogP contribution in [0.1, 0.15) is 0 Å². The Balaban J connectivity index is 1.86. The molecule has 2 heterocycles. The number of nitrogens with one attached hydrogen (secondary N) is 1. The van der Waals surface area contributed by atoms with Crippen LogP contribution in [-0.2, 0) is 0 Å². The molecule has 0 amide bonds. The van der Waals surface area contributed by atoms with E-state index in [1.807, 2.05) is 77.3 Å². The zero-order valence-corrected chi connectivity index (χ0v) is 14.1. The van der Waals surface area contributed by atoms with Crippen LogP contribution in [0, 0.1) is 0 Å². The Labute approximate surface area is 149 Å². The first-order valence-corrected chi connectivity index (χ1v) is 8.22. The van der Waals surface area contributed by atoms with Gasteiger partial charge in [-0.25, -0.2) is 4.98 Å². The molecule has 3 nitrogen and oxygen atoms in total. The van der Waals surface area contributed by atoms with Crippen LogP contribution in [-0.4, -0.2) is 9.38 Å². The van der Waals surface area contributed by atoms with E-state index in [1.54, 1.807) is 0 Å². The van der Waals surface area contributed by atoms with Gasteiger partial charge in [-0.2, -0.15) is 0 Å². The van der Waals surface area contributed by atoms with Crippen molar-refractivity contribution in [2.45, 2.75) is 0 Å². The average Bonchev–Trinajstić information content (AvgIpc) is 2.96. The summed E-state index contributed by atoms with van der Waals surface area (Å²) in [6.45, 7) is 0. The summed E-state index contributed by atoms with van der Waals surface area (Å²) in [5.41, 5.74) is 3.69. The van der Waals surface area contributed by atoms with Crippen molar-refractivity contribution < 1.29 is 0 Å². The Hall–Kier alpha value is -2.49. The molecule has 0 unspecified atom stereocenters. The quantitative estimate of drug-likeness (QED) is 0.485. The lowest BCUT2D eigenvalue weighted by atomic mass is 10.1. The minimum absolute atomic E-state index is 0.703. The van der Waals surface area contributed by atoms with Crippen LogP contribution >= 0.6 is 23.2 Å². The van der Waals surface area contributed by atoms with Crippen molar-refractivity contribution in [2.75, 3.05) is 5.32 Å². The summed E-state index contributed by atoms with van der Waals surface area (Å²) in [6.07, 6.45) is 1.99. The van der Waals surface area contributed by atoms with Crippen molar-refractivity contribution in [3.63, 3.8) is 0 Å². The van der Waals surface area contributed by atoms with Gasteiger partial charge >= 0.3 is 0 Å². The molecule has 2 aromatic heterocycles. The Morgan fingerprint density at radius 1 is 0.792 bits per heavy atom. The first kappa shape index (κ1) is 15.1. The monoisotopic (exact) mass is 353 g/mol. The van der Waals surface area contributed by atoms with Crippen molar-refractivity contribution in [2.24, 2.45) is 0 Å². The van der Waals surface area contributed by atoms with E-state index in [0.717, 1.165) is 28.4 Å². The fourth-order valence-electron chi connectivity index (χ4n) is 2.59. The molecule has 0 saturated heterocycles. The van der Waals surface area contributed by atoms with E-state index in [9.17, 15) is 0 Å². The summed E-state index contributed by atoms with van der Waals surface area (Å²) < 4.78 is 2.03. The molecule has 118 valence electrons. The van der Waals surface area contributed by atoms with Gasteiger partial charge < -0.3 is 5.32 Å². The molecule has 0 fully saturated rings. The molecule has 0 bridgehead atoms. The van der Waals surface area contributed by atoms with E-state index in [4.69, 9.17) is 28.2 Å². The molecule has 5 heteroatoms. The van der Waals surface area contributed by atoms with Crippen molar-refractivity contribution in [1.29, 1.82) is 0 Å². The Morgan fingerprint density at radius 2 is 1.46 bits per heavy atom. The van der Waals surface area contributed by atoms with Crippen LogP contribution in [0.4, 0.5) is 11.5 Å². The fourth-order valence-corrected chi connectivity index (χ4v) is 2.85. The van der Waals surface area contributed by atoms with Gasteiger partial charge in [0.05, 0.1) is 0 Å². The molecule has 0 aliphatic rings. The lowest BCUT2D eigenvalue weighted by Gasteiger charge is -2.09. The van der Waals surface area contributed by atoms with E-state index < -0.39 is 0 Å². The molecule has 2 aromatic carbocycles. The number of hydrogen-bond acceptors (Lipinski definition) is 2. The van der Waals surface area contributed by atoms with Gasteiger partial charge in [0, 0.05) is 27.5 Å². The molecular weight excluding hydrogens is 341 g/mol. The van der Waals surface area contributed by atoms with Crippen molar-refractivity contribution >= 4 is 40.4 Å². The Bertz CT molecular complexity index is 989. The summed E-state index contributed by atoms with van der Waals surface area (Å²) in [5, 5.41) is 4.85. The van der Waals surface area contributed by atoms with E-state index >= 15 is 0 Å². The van der Waals surface area contributed by atoms with Crippen LogP contribution < -0.4 is 5.32 Å². The summed E-state index contributed by atoms with van der Waals surface area (Å²) in [7, 11) is 0. The maximum absolute atomic E-state index is 6.01. The van der Waals surface area contributed by atoms with E-state index in [1.165, 1.54) is 0 Å². The zero-order valence-electron chi connectivity index (χ0n) is 12.6. The summed E-state index contributed by atoms with van der Waals surface area (Å²) in [6, 6.07) is 21.2. The Morgan fingerprint density at radius 3 is 2.17 bits per heavy atom. The van der Waals surface area contributed by atoms with Crippen LogP contribution in [0.3, 0.4) is 0 Å². The molecule has 0 saturated carbocycles. The van der Waals surface area contributed by atoms with Gasteiger partial charge in [0.25, 0.3) is 0 Å². The third kappa shape index (κ3) is 2.84. The third-order valence-corrected chi connectivity index (χ3v) is 4.26. The number of imidazole rings is 1. The van der Waals surface area contributed by atoms with Gasteiger partial charge in [-0.3, -0.25) is 4.40 Å². The molecule has 1 N–H and O–H groups in total. The van der Waals surface area contributed by atoms with E-state index in [2.05, 4.69) is 5.32 Å². The molecule has 4 aromatic rings. The smallest absolute Gasteiger partial charge is 0.143 e. The predicted molar refractivity (Wildman–Crippen MR) is 100 cm³/mol.